The van der Waals surface area contributed by atoms with Crippen molar-refractivity contribution in [1.29, 1.82) is 0 Å². The number of carbonyl (C=O) groups excluding carboxylic acids is 2. The zero-order chi connectivity index (χ0) is 25.9. The third-order valence-corrected chi connectivity index (χ3v) is 6.63. The predicted molar refractivity (Wildman–Crippen MR) is 134 cm³/mol. The number of nitrogens with zero attached hydrogens (tertiary/aromatic N) is 2. The van der Waals surface area contributed by atoms with E-state index in [0.29, 0.717) is 5.56 Å². The molecule has 1 N–H and O–H groups in total. The maximum Gasteiger partial charge on any atom is 0.342 e. The van der Waals surface area contributed by atoms with E-state index in [-0.39, 0.29) is 23.0 Å². The number of hydrogen-bond donors (Lipinski definition) is 1. The second kappa shape index (κ2) is 10.3. The number of ether oxygens (including phenoxy) is 1. The fourth-order valence-electron chi connectivity index (χ4n) is 4.88. The zero-order valence-corrected chi connectivity index (χ0v) is 19.8. The molecule has 1 heterocycles. The smallest absolute Gasteiger partial charge is 0.342 e. The van der Waals surface area contributed by atoms with Gasteiger partial charge in [-0.1, -0.05) is 36.4 Å². The first kappa shape index (κ1) is 24.4. The first-order valence-corrected chi connectivity index (χ1v) is 12.0. The molecule has 3 aromatic rings. The fraction of sp³-hybridized carbons (Fsp3) is 0.207. The third kappa shape index (κ3) is 5.14. The first-order chi connectivity index (χ1) is 17.9. The molecule has 1 amide bonds. The first-order valence-electron chi connectivity index (χ1n) is 12.0. The molecule has 0 bridgehead atoms. The maximum absolute atomic E-state index is 13.7. The van der Waals surface area contributed by atoms with Crippen molar-refractivity contribution >= 4 is 23.7 Å². The summed E-state index contributed by atoms with van der Waals surface area (Å²) in [4.78, 5) is 25.7. The van der Waals surface area contributed by atoms with Gasteiger partial charge in [0.1, 0.15) is 22.9 Å². The Morgan fingerprint density at radius 2 is 1.68 bits per heavy atom. The van der Waals surface area contributed by atoms with E-state index >= 15 is 0 Å². The average molecular weight is 503 g/mol. The largest absolute Gasteiger partial charge is 0.507 e. The Kier molecular flexibility index (Phi) is 6.81. The van der Waals surface area contributed by atoms with Crippen molar-refractivity contribution in [3.05, 3.63) is 107 Å². The van der Waals surface area contributed by atoms with Crippen LogP contribution in [0.25, 0.3) is 6.08 Å². The molecule has 3 aromatic carbocycles. The Morgan fingerprint density at radius 1 is 1.00 bits per heavy atom. The SMILES string of the molecule is O=C(OCC(=O)N1N=C2/C(=C\c3ccc(F)cc3)CCC[C@H]2[C@@H]1c1ccc(F)cc1)c1ccccc1O. The molecule has 2 atom stereocenters. The number of carbonyl (C=O) groups is 2. The van der Waals surface area contributed by atoms with Gasteiger partial charge in [-0.25, -0.2) is 18.6 Å². The van der Waals surface area contributed by atoms with Gasteiger partial charge in [0.15, 0.2) is 6.61 Å². The van der Waals surface area contributed by atoms with Crippen LogP contribution in [0.3, 0.4) is 0 Å². The second-order valence-electron chi connectivity index (χ2n) is 9.03. The summed E-state index contributed by atoms with van der Waals surface area (Å²) in [7, 11) is 0. The Bertz CT molecular complexity index is 1380. The van der Waals surface area contributed by atoms with Gasteiger partial charge in [-0.15, -0.1) is 0 Å². The fourth-order valence-corrected chi connectivity index (χ4v) is 4.88. The molecular weight excluding hydrogens is 478 g/mol. The van der Waals surface area contributed by atoms with Crippen LogP contribution in [-0.4, -0.2) is 34.3 Å². The van der Waals surface area contributed by atoms with Crippen LogP contribution in [-0.2, 0) is 9.53 Å². The van der Waals surface area contributed by atoms with Crippen LogP contribution in [0.5, 0.6) is 5.75 Å². The van der Waals surface area contributed by atoms with Crippen LogP contribution >= 0.6 is 0 Å². The maximum atomic E-state index is 13.7. The molecule has 8 heteroatoms. The summed E-state index contributed by atoms with van der Waals surface area (Å²) < 4.78 is 32.3. The number of para-hydroxylation sites is 1. The van der Waals surface area contributed by atoms with Crippen molar-refractivity contribution < 1.29 is 28.2 Å². The van der Waals surface area contributed by atoms with Crippen LogP contribution < -0.4 is 0 Å². The highest BCUT2D eigenvalue weighted by molar-refractivity contribution is 6.08. The van der Waals surface area contributed by atoms with E-state index in [1.54, 1.807) is 36.4 Å². The van der Waals surface area contributed by atoms with Crippen LogP contribution in [0.4, 0.5) is 8.78 Å². The van der Waals surface area contributed by atoms with Gasteiger partial charge in [0.2, 0.25) is 0 Å². The number of hydrazone groups is 1. The number of esters is 1. The highest BCUT2D eigenvalue weighted by Gasteiger charge is 2.43. The number of fused-ring (bicyclic) bond motifs is 1. The minimum atomic E-state index is -0.828. The molecule has 0 radical (unpaired) electrons. The number of phenols is 1. The molecule has 0 aromatic heterocycles. The van der Waals surface area contributed by atoms with Crippen LogP contribution in [0, 0.1) is 17.6 Å². The van der Waals surface area contributed by atoms with Crippen molar-refractivity contribution in [3.8, 4) is 5.75 Å². The average Bonchev–Trinajstić information content (AvgIpc) is 3.30. The van der Waals surface area contributed by atoms with E-state index in [0.717, 1.165) is 36.1 Å². The van der Waals surface area contributed by atoms with E-state index in [1.807, 2.05) is 6.08 Å². The number of benzene rings is 3. The van der Waals surface area contributed by atoms with Gasteiger partial charge in [-0.3, -0.25) is 4.79 Å². The number of amides is 1. The Labute approximate surface area is 212 Å². The summed E-state index contributed by atoms with van der Waals surface area (Å²) in [6.07, 6.45) is 4.31. The van der Waals surface area contributed by atoms with Crippen molar-refractivity contribution in [2.75, 3.05) is 6.61 Å². The second-order valence-corrected chi connectivity index (χ2v) is 9.03. The number of halogens is 2. The minimum Gasteiger partial charge on any atom is -0.507 e. The number of rotatable bonds is 5. The highest BCUT2D eigenvalue weighted by Crippen LogP contribution is 2.44. The lowest BCUT2D eigenvalue weighted by molar-refractivity contribution is -0.137. The third-order valence-electron chi connectivity index (χ3n) is 6.63. The van der Waals surface area contributed by atoms with Gasteiger partial charge in [-0.2, -0.15) is 5.10 Å². The lowest BCUT2D eigenvalue weighted by Gasteiger charge is -2.29. The van der Waals surface area contributed by atoms with Gasteiger partial charge in [-0.05, 0) is 78.4 Å². The molecule has 0 unspecified atom stereocenters. The molecular formula is C29H24F2N2O4. The van der Waals surface area contributed by atoms with Gasteiger partial charge in [0.25, 0.3) is 5.91 Å². The van der Waals surface area contributed by atoms with Crippen LogP contribution in [0.15, 0.2) is 83.5 Å². The topological polar surface area (TPSA) is 79.2 Å². The molecule has 5 rings (SSSR count). The lowest BCUT2D eigenvalue weighted by atomic mass is 9.77. The number of phenolic OH excluding ortho intramolecular Hbond substituents is 1. The van der Waals surface area contributed by atoms with Crippen molar-refractivity contribution in [2.45, 2.75) is 25.3 Å². The Morgan fingerprint density at radius 3 is 2.38 bits per heavy atom. The predicted octanol–water partition coefficient (Wildman–Crippen LogP) is 5.65. The van der Waals surface area contributed by atoms with Gasteiger partial charge < -0.3 is 9.84 Å². The quantitative estimate of drug-likeness (QED) is 0.458. The summed E-state index contributed by atoms with van der Waals surface area (Å²) in [5.74, 6) is -2.46. The van der Waals surface area contributed by atoms with Gasteiger partial charge >= 0.3 is 5.97 Å². The molecule has 188 valence electrons. The minimum absolute atomic E-state index is 0.0451. The summed E-state index contributed by atoms with van der Waals surface area (Å²) in [6, 6.07) is 17.5. The van der Waals surface area contributed by atoms with Crippen molar-refractivity contribution in [2.24, 2.45) is 11.0 Å². The number of aromatic hydroxyl groups is 1. The standard InChI is InChI=1S/C29H24F2N2O4/c30-21-12-8-18(9-13-21)16-20-4-3-6-24-27(20)32-33(28(24)19-10-14-22(31)15-11-19)26(35)17-37-29(36)23-5-1-2-7-25(23)34/h1-2,5,7-16,24,28,34H,3-4,6,17H2/b20-16-/t24-,28+/m1/s1. The lowest BCUT2D eigenvalue weighted by Crippen LogP contribution is -2.34. The van der Waals surface area contributed by atoms with Crippen LogP contribution in [0.1, 0.15) is 46.8 Å². The molecule has 1 saturated carbocycles. The molecule has 6 nitrogen and oxygen atoms in total. The summed E-state index contributed by atoms with van der Waals surface area (Å²) >= 11 is 0. The highest BCUT2D eigenvalue weighted by atomic mass is 19.1. The Balaban J connectivity index is 1.44. The number of hydrogen-bond acceptors (Lipinski definition) is 5. The monoisotopic (exact) mass is 502 g/mol. The number of allylic oxidation sites excluding steroid dienone is 1. The van der Waals surface area contributed by atoms with E-state index < -0.39 is 30.3 Å². The van der Waals surface area contributed by atoms with Crippen LogP contribution in [0.2, 0.25) is 0 Å². The zero-order valence-electron chi connectivity index (χ0n) is 19.8. The molecule has 1 fully saturated rings. The summed E-state index contributed by atoms with van der Waals surface area (Å²) in [5, 5.41) is 15.9. The Hall–Kier alpha value is -4.33. The molecule has 0 spiro atoms. The van der Waals surface area contributed by atoms with Gasteiger partial charge in [0, 0.05) is 5.92 Å². The summed E-state index contributed by atoms with van der Waals surface area (Å²) in [6.45, 7) is -0.578. The van der Waals surface area contributed by atoms with E-state index in [1.165, 1.54) is 41.4 Å². The van der Waals surface area contributed by atoms with Crippen molar-refractivity contribution in [3.63, 3.8) is 0 Å². The molecule has 37 heavy (non-hydrogen) atoms. The van der Waals surface area contributed by atoms with E-state index in [2.05, 4.69) is 5.10 Å². The van der Waals surface area contributed by atoms with Crippen molar-refractivity contribution in [1.82, 2.24) is 5.01 Å². The van der Waals surface area contributed by atoms with Gasteiger partial charge in [0.05, 0.1) is 11.8 Å². The normalized spacial score (nSPS) is 19.9. The van der Waals surface area contributed by atoms with E-state index in [4.69, 9.17) is 4.74 Å². The van der Waals surface area contributed by atoms with E-state index in [9.17, 15) is 23.5 Å². The summed E-state index contributed by atoms with van der Waals surface area (Å²) in [5.41, 5.74) is 3.17. The molecule has 1 aliphatic carbocycles. The molecule has 0 saturated heterocycles. The molecule has 2 aliphatic rings. The molecule has 1 aliphatic heterocycles.